The molecule has 0 bridgehead atoms. The van der Waals surface area contributed by atoms with Crippen molar-refractivity contribution in [3.8, 4) is 0 Å². The fourth-order valence-electron chi connectivity index (χ4n) is 2.18. The predicted octanol–water partition coefficient (Wildman–Crippen LogP) is 2.26. The van der Waals surface area contributed by atoms with E-state index in [0.29, 0.717) is 26.2 Å². The SMILES string of the molecule is CCO[Si](OCC)(OCC)C(C)N1C=CC=CCC1=O. The van der Waals surface area contributed by atoms with Gasteiger partial charge in [-0.05, 0) is 33.8 Å². The maximum atomic E-state index is 12.2. The van der Waals surface area contributed by atoms with Crippen LogP contribution in [0.15, 0.2) is 24.4 Å². The Labute approximate surface area is 122 Å². The van der Waals surface area contributed by atoms with Gasteiger partial charge in [0, 0.05) is 32.4 Å². The molecule has 0 fully saturated rings. The summed E-state index contributed by atoms with van der Waals surface area (Å²) < 4.78 is 17.6. The van der Waals surface area contributed by atoms with Gasteiger partial charge in [-0.1, -0.05) is 12.2 Å². The Morgan fingerprint density at radius 1 is 1.15 bits per heavy atom. The van der Waals surface area contributed by atoms with E-state index in [9.17, 15) is 4.79 Å². The lowest BCUT2D eigenvalue weighted by Crippen LogP contribution is -2.61. The average Bonchev–Trinajstić information content (AvgIpc) is 2.63. The van der Waals surface area contributed by atoms with Crippen molar-refractivity contribution < 1.29 is 18.1 Å². The Morgan fingerprint density at radius 2 is 1.70 bits per heavy atom. The third kappa shape index (κ3) is 4.02. The summed E-state index contributed by atoms with van der Waals surface area (Å²) in [6, 6.07) is 0. The molecule has 0 aromatic heterocycles. The second-order valence-electron chi connectivity index (χ2n) is 4.35. The fraction of sp³-hybridized carbons (Fsp3) is 0.643. The molecule has 1 amide bonds. The minimum Gasteiger partial charge on any atom is -0.373 e. The maximum Gasteiger partial charge on any atom is 0.524 e. The average molecular weight is 299 g/mol. The van der Waals surface area contributed by atoms with Gasteiger partial charge in [0.15, 0.2) is 0 Å². The third-order valence-corrected chi connectivity index (χ3v) is 6.41. The Kier molecular flexibility index (Phi) is 7.15. The molecule has 1 unspecified atom stereocenters. The van der Waals surface area contributed by atoms with Gasteiger partial charge in [-0.15, -0.1) is 0 Å². The van der Waals surface area contributed by atoms with Gasteiger partial charge >= 0.3 is 8.80 Å². The maximum absolute atomic E-state index is 12.2. The minimum absolute atomic E-state index is 0.0264. The van der Waals surface area contributed by atoms with E-state index in [-0.39, 0.29) is 11.6 Å². The molecule has 0 radical (unpaired) electrons. The van der Waals surface area contributed by atoms with Crippen LogP contribution in [0.25, 0.3) is 0 Å². The summed E-state index contributed by atoms with van der Waals surface area (Å²) >= 11 is 0. The van der Waals surface area contributed by atoms with Gasteiger partial charge in [0.05, 0.1) is 0 Å². The number of carbonyl (C=O) groups is 1. The van der Waals surface area contributed by atoms with Gasteiger partial charge in [-0.25, -0.2) is 0 Å². The van der Waals surface area contributed by atoms with Gasteiger partial charge < -0.3 is 18.2 Å². The molecule has 0 aromatic rings. The quantitative estimate of drug-likeness (QED) is 0.645. The molecule has 1 aliphatic rings. The first-order valence-corrected chi connectivity index (χ1v) is 8.97. The number of carbonyl (C=O) groups excluding carboxylic acids is 1. The monoisotopic (exact) mass is 299 g/mol. The van der Waals surface area contributed by atoms with Crippen LogP contribution < -0.4 is 0 Å². The third-order valence-electron chi connectivity index (χ3n) is 3.04. The number of amides is 1. The lowest BCUT2D eigenvalue weighted by Gasteiger charge is -2.37. The van der Waals surface area contributed by atoms with Crippen LogP contribution in [0.1, 0.15) is 34.1 Å². The zero-order valence-corrected chi connectivity index (χ0v) is 13.8. The summed E-state index contributed by atoms with van der Waals surface area (Å²) in [6.07, 6.45) is 7.72. The highest BCUT2D eigenvalue weighted by atomic mass is 28.4. The number of nitrogens with zero attached hydrogens (tertiary/aromatic N) is 1. The highest BCUT2D eigenvalue weighted by Gasteiger charge is 2.50. The Balaban J connectivity index is 3.00. The van der Waals surface area contributed by atoms with Crippen molar-refractivity contribution in [2.75, 3.05) is 19.8 Å². The normalized spacial score (nSPS) is 17.4. The molecule has 0 saturated heterocycles. The summed E-state index contributed by atoms with van der Waals surface area (Å²) in [5.74, 6) is 0.0264. The molecule has 6 heteroatoms. The fourth-order valence-corrected chi connectivity index (χ4v) is 4.94. The largest absolute Gasteiger partial charge is 0.524 e. The summed E-state index contributed by atoms with van der Waals surface area (Å²) in [5, 5.41) is 0. The van der Waals surface area contributed by atoms with Crippen LogP contribution in [-0.4, -0.2) is 45.1 Å². The lowest BCUT2D eigenvalue weighted by atomic mass is 10.3. The first kappa shape index (κ1) is 17.1. The standard InChI is InChI=1S/C14H25NO4Si/c1-5-17-20(18-6-2,19-7-3)13(4)15-12-10-8-9-11-14(15)16/h8-10,12-13H,5-7,11H2,1-4H3. The molecule has 114 valence electrons. The molecule has 1 atom stereocenters. The zero-order chi connectivity index (χ0) is 15.0. The minimum atomic E-state index is -2.92. The smallest absolute Gasteiger partial charge is 0.373 e. The van der Waals surface area contributed by atoms with Crippen LogP contribution in [-0.2, 0) is 18.1 Å². The van der Waals surface area contributed by atoms with Crippen molar-refractivity contribution in [2.45, 2.75) is 39.8 Å². The van der Waals surface area contributed by atoms with E-state index < -0.39 is 8.80 Å². The molecule has 20 heavy (non-hydrogen) atoms. The van der Waals surface area contributed by atoms with Crippen LogP contribution in [0.3, 0.4) is 0 Å². The van der Waals surface area contributed by atoms with Crippen LogP contribution in [0, 0.1) is 0 Å². The van der Waals surface area contributed by atoms with Crippen LogP contribution in [0.4, 0.5) is 0 Å². The molecule has 0 aliphatic carbocycles. The first-order valence-electron chi connectivity index (χ1n) is 7.17. The van der Waals surface area contributed by atoms with Crippen molar-refractivity contribution in [1.82, 2.24) is 4.90 Å². The van der Waals surface area contributed by atoms with Crippen LogP contribution in [0.5, 0.6) is 0 Å². The van der Waals surface area contributed by atoms with Crippen molar-refractivity contribution in [3.05, 3.63) is 24.4 Å². The topological polar surface area (TPSA) is 48.0 Å². The Hall–Kier alpha value is -0.953. The molecule has 5 nitrogen and oxygen atoms in total. The van der Waals surface area contributed by atoms with E-state index >= 15 is 0 Å². The molecule has 1 heterocycles. The highest BCUT2D eigenvalue weighted by Crippen LogP contribution is 2.22. The molecule has 0 aromatic carbocycles. The molecule has 0 saturated carbocycles. The second-order valence-corrected chi connectivity index (χ2v) is 7.26. The molecule has 0 spiro atoms. The summed E-state index contributed by atoms with van der Waals surface area (Å²) in [7, 11) is -2.92. The summed E-state index contributed by atoms with van der Waals surface area (Å²) in [4.78, 5) is 13.9. The van der Waals surface area contributed by atoms with Gasteiger partial charge in [-0.3, -0.25) is 4.79 Å². The van der Waals surface area contributed by atoms with E-state index in [2.05, 4.69) is 0 Å². The van der Waals surface area contributed by atoms with E-state index in [0.717, 1.165) is 0 Å². The van der Waals surface area contributed by atoms with E-state index in [4.69, 9.17) is 13.3 Å². The van der Waals surface area contributed by atoms with Gasteiger partial charge in [0.2, 0.25) is 5.91 Å². The number of rotatable bonds is 8. The van der Waals surface area contributed by atoms with Crippen LogP contribution in [0.2, 0.25) is 0 Å². The second kappa shape index (κ2) is 8.36. The molecular weight excluding hydrogens is 274 g/mol. The molecule has 0 N–H and O–H groups in total. The summed E-state index contributed by atoms with van der Waals surface area (Å²) in [5.41, 5.74) is -0.244. The number of hydrogen-bond acceptors (Lipinski definition) is 4. The van der Waals surface area contributed by atoms with Crippen molar-refractivity contribution in [1.29, 1.82) is 0 Å². The molecule has 1 aliphatic heterocycles. The Morgan fingerprint density at radius 3 is 2.20 bits per heavy atom. The van der Waals surface area contributed by atoms with E-state index in [1.54, 1.807) is 11.1 Å². The summed E-state index contributed by atoms with van der Waals surface area (Å²) in [6.45, 7) is 9.17. The molecule has 1 rings (SSSR count). The molecular formula is C14H25NO4Si. The predicted molar refractivity (Wildman–Crippen MR) is 79.8 cm³/mol. The van der Waals surface area contributed by atoms with E-state index in [1.165, 1.54) is 0 Å². The highest BCUT2D eigenvalue weighted by molar-refractivity contribution is 6.62. The van der Waals surface area contributed by atoms with Gasteiger partial charge in [-0.2, -0.15) is 0 Å². The first-order chi connectivity index (χ1) is 9.61. The van der Waals surface area contributed by atoms with Gasteiger partial charge in [0.1, 0.15) is 5.67 Å². The Bertz CT molecular complexity index is 353. The van der Waals surface area contributed by atoms with Crippen molar-refractivity contribution in [2.24, 2.45) is 0 Å². The van der Waals surface area contributed by atoms with Crippen LogP contribution >= 0.6 is 0 Å². The number of hydrogen-bond donors (Lipinski definition) is 0. The van der Waals surface area contributed by atoms with Gasteiger partial charge in [0.25, 0.3) is 0 Å². The van der Waals surface area contributed by atoms with Crippen molar-refractivity contribution >= 4 is 14.7 Å². The number of allylic oxidation sites excluding steroid dienone is 2. The zero-order valence-electron chi connectivity index (χ0n) is 12.8. The van der Waals surface area contributed by atoms with E-state index in [1.807, 2.05) is 45.9 Å². The lowest BCUT2D eigenvalue weighted by molar-refractivity contribution is -0.129. The van der Waals surface area contributed by atoms with Crippen molar-refractivity contribution in [3.63, 3.8) is 0 Å².